The first-order valence-corrected chi connectivity index (χ1v) is 6.78. The fourth-order valence-electron chi connectivity index (χ4n) is 1.48. The monoisotopic (exact) mass is 252 g/mol. The molecule has 3 nitrogen and oxygen atoms in total. The molecule has 0 aliphatic carbocycles. The molecule has 84 valence electrons. The van der Waals surface area contributed by atoms with Gasteiger partial charge in [-0.1, -0.05) is 17.8 Å². The van der Waals surface area contributed by atoms with Crippen molar-refractivity contribution in [3.05, 3.63) is 32.5 Å². The lowest BCUT2D eigenvalue weighted by atomic mass is 10.1. The maximum atomic E-state index is 12.2. The van der Waals surface area contributed by atoms with Gasteiger partial charge in [0.25, 0.3) is 0 Å². The number of nitrogens with zero attached hydrogens (tertiary/aromatic N) is 2. The number of carbonyl (C=O) groups is 1. The van der Waals surface area contributed by atoms with Crippen molar-refractivity contribution in [3.63, 3.8) is 0 Å². The van der Waals surface area contributed by atoms with Gasteiger partial charge < -0.3 is 0 Å². The normalized spacial score (nSPS) is 10.6. The Bertz CT molecular complexity index is 502. The molecule has 0 saturated carbocycles. The fraction of sp³-hybridized carbons (Fsp3) is 0.364. The number of aryl methyl sites for hydroxylation is 2. The predicted octanol–water partition coefficient (Wildman–Crippen LogP) is 3.09. The van der Waals surface area contributed by atoms with Crippen LogP contribution in [0.15, 0.2) is 11.4 Å². The van der Waals surface area contributed by atoms with E-state index in [1.54, 1.807) is 11.3 Å². The SMILES string of the molecule is CCCc1nnsc1C(=O)c1csc(C)c1. The van der Waals surface area contributed by atoms with Crippen molar-refractivity contribution in [3.8, 4) is 0 Å². The average Bonchev–Trinajstić information content (AvgIpc) is 2.87. The van der Waals surface area contributed by atoms with Crippen molar-refractivity contribution in [2.24, 2.45) is 0 Å². The summed E-state index contributed by atoms with van der Waals surface area (Å²) in [6.07, 6.45) is 1.80. The highest BCUT2D eigenvalue weighted by atomic mass is 32.1. The Morgan fingerprint density at radius 2 is 2.31 bits per heavy atom. The quantitative estimate of drug-likeness (QED) is 0.785. The van der Waals surface area contributed by atoms with Crippen LogP contribution in [0, 0.1) is 6.92 Å². The number of aromatic nitrogens is 2. The van der Waals surface area contributed by atoms with Crippen LogP contribution < -0.4 is 0 Å². The number of hydrogen-bond acceptors (Lipinski definition) is 5. The summed E-state index contributed by atoms with van der Waals surface area (Å²) in [4.78, 5) is 14.0. The summed E-state index contributed by atoms with van der Waals surface area (Å²) in [5.41, 5.74) is 1.59. The van der Waals surface area contributed by atoms with Crippen LogP contribution in [0.3, 0.4) is 0 Å². The van der Waals surface area contributed by atoms with E-state index in [4.69, 9.17) is 0 Å². The third kappa shape index (κ3) is 2.20. The molecular weight excluding hydrogens is 240 g/mol. The van der Waals surface area contributed by atoms with Gasteiger partial charge >= 0.3 is 0 Å². The maximum absolute atomic E-state index is 12.2. The van der Waals surface area contributed by atoms with Crippen molar-refractivity contribution in [1.29, 1.82) is 0 Å². The Balaban J connectivity index is 2.30. The number of thiophene rings is 1. The first-order chi connectivity index (χ1) is 7.72. The standard InChI is InChI=1S/C11H12N2OS2/c1-3-4-9-11(16-13-12-9)10(14)8-5-7(2)15-6-8/h5-6H,3-4H2,1-2H3. The number of ketones is 1. The highest BCUT2D eigenvalue weighted by molar-refractivity contribution is 7.10. The van der Waals surface area contributed by atoms with Crippen molar-refractivity contribution in [2.45, 2.75) is 26.7 Å². The van der Waals surface area contributed by atoms with Gasteiger partial charge in [0.2, 0.25) is 5.78 Å². The average molecular weight is 252 g/mol. The third-order valence-electron chi connectivity index (χ3n) is 2.24. The van der Waals surface area contributed by atoms with Gasteiger partial charge in [0.15, 0.2) is 0 Å². The molecule has 2 heterocycles. The topological polar surface area (TPSA) is 42.9 Å². The van der Waals surface area contributed by atoms with E-state index in [1.807, 2.05) is 18.4 Å². The summed E-state index contributed by atoms with van der Waals surface area (Å²) < 4.78 is 3.87. The molecule has 0 atom stereocenters. The Kier molecular flexibility index (Phi) is 3.46. The van der Waals surface area contributed by atoms with Crippen LogP contribution in [-0.4, -0.2) is 15.4 Å². The van der Waals surface area contributed by atoms with E-state index in [0.717, 1.165) is 29.0 Å². The highest BCUT2D eigenvalue weighted by Gasteiger charge is 2.18. The highest BCUT2D eigenvalue weighted by Crippen LogP contribution is 2.21. The molecule has 2 rings (SSSR count). The molecule has 0 spiro atoms. The largest absolute Gasteiger partial charge is 0.288 e. The molecule has 2 aromatic heterocycles. The predicted molar refractivity (Wildman–Crippen MR) is 66.4 cm³/mol. The Morgan fingerprint density at radius 3 is 2.94 bits per heavy atom. The minimum Gasteiger partial charge on any atom is -0.288 e. The molecule has 0 amide bonds. The van der Waals surface area contributed by atoms with Crippen LogP contribution >= 0.6 is 22.9 Å². The summed E-state index contributed by atoms with van der Waals surface area (Å²) in [5.74, 6) is 0.0581. The second-order valence-corrected chi connectivity index (χ2v) is 5.44. The van der Waals surface area contributed by atoms with Gasteiger partial charge in [-0.3, -0.25) is 4.79 Å². The van der Waals surface area contributed by atoms with E-state index >= 15 is 0 Å². The Labute approximate surface area is 102 Å². The molecule has 2 aromatic rings. The molecule has 5 heteroatoms. The zero-order chi connectivity index (χ0) is 11.5. The Hall–Kier alpha value is -1.07. The maximum Gasteiger partial charge on any atom is 0.207 e. The second kappa shape index (κ2) is 4.84. The summed E-state index contributed by atoms with van der Waals surface area (Å²) >= 11 is 2.79. The van der Waals surface area contributed by atoms with E-state index in [0.29, 0.717) is 4.88 Å². The van der Waals surface area contributed by atoms with Gasteiger partial charge in [-0.15, -0.1) is 16.4 Å². The lowest BCUT2D eigenvalue weighted by Gasteiger charge is -1.96. The zero-order valence-electron chi connectivity index (χ0n) is 9.19. The van der Waals surface area contributed by atoms with E-state index in [2.05, 4.69) is 16.5 Å². The van der Waals surface area contributed by atoms with Crippen LogP contribution in [0.4, 0.5) is 0 Å². The third-order valence-corrected chi connectivity index (χ3v) is 3.87. The molecule has 16 heavy (non-hydrogen) atoms. The van der Waals surface area contributed by atoms with Crippen molar-refractivity contribution < 1.29 is 4.79 Å². The summed E-state index contributed by atoms with van der Waals surface area (Å²) in [7, 11) is 0. The van der Waals surface area contributed by atoms with Gasteiger partial charge in [0, 0.05) is 15.8 Å². The van der Waals surface area contributed by atoms with Crippen molar-refractivity contribution >= 4 is 28.7 Å². The lowest BCUT2D eigenvalue weighted by Crippen LogP contribution is -2.01. The molecule has 0 aliphatic heterocycles. The smallest absolute Gasteiger partial charge is 0.207 e. The summed E-state index contributed by atoms with van der Waals surface area (Å²) in [6, 6.07) is 1.92. The van der Waals surface area contributed by atoms with Gasteiger partial charge in [0.1, 0.15) is 4.88 Å². The van der Waals surface area contributed by atoms with Crippen LogP contribution in [0.1, 0.15) is 39.2 Å². The molecule has 0 unspecified atom stereocenters. The van der Waals surface area contributed by atoms with E-state index in [-0.39, 0.29) is 5.78 Å². The van der Waals surface area contributed by atoms with Crippen LogP contribution in [0.2, 0.25) is 0 Å². The molecule has 0 aliphatic rings. The van der Waals surface area contributed by atoms with Gasteiger partial charge in [0.05, 0.1) is 5.69 Å². The number of hydrogen-bond donors (Lipinski definition) is 0. The molecular formula is C11H12N2OS2. The van der Waals surface area contributed by atoms with Crippen LogP contribution in [0.25, 0.3) is 0 Å². The second-order valence-electron chi connectivity index (χ2n) is 3.57. The molecule has 0 N–H and O–H groups in total. The minimum atomic E-state index is 0.0581. The van der Waals surface area contributed by atoms with Gasteiger partial charge in [-0.05, 0) is 30.9 Å². The van der Waals surface area contributed by atoms with Crippen LogP contribution in [0.5, 0.6) is 0 Å². The lowest BCUT2D eigenvalue weighted by molar-refractivity contribution is 0.104. The van der Waals surface area contributed by atoms with Crippen molar-refractivity contribution in [2.75, 3.05) is 0 Å². The molecule has 0 bridgehead atoms. The van der Waals surface area contributed by atoms with E-state index < -0.39 is 0 Å². The molecule has 0 radical (unpaired) electrons. The van der Waals surface area contributed by atoms with Crippen molar-refractivity contribution in [1.82, 2.24) is 9.59 Å². The van der Waals surface area contributed by atoms with E-state index in [9.17, 15) is 4.79 Å². The van der Waals surface area contributed by atoms with Gasteiger partial charge in [-0.2, -0.15) is 0 Å². The first-order valence-electron chi connectivity index (χ1n) is 5.13. The number of carbonyl (C=O) groups excluding carboxylic acids is 1. The zero-order valence-corrected chi connectivity index (χ0v) is 10.8. The van der Waals surface area contributed by atoms with E-state index in [1.165, 1.54) is 11.5 Å². The summed E-state index contributed by atoms with van der Waals surface area (Å²) in [5, 5.41) is 5.91. The van der Waals surface area contributed by atoms with Gasteiger partial charge in [-0.25, -0.2) is 0 Å². The summed E-state index contributed by atoms with van der Waals surface area (Å²) in [6.45, 7) is 4.07. The first kappa shape index (κ1) is 11.4. The molecule has 0 saturated heterocycles. The number of rotatable bonds is 4. The fourth-order valence-corrected chi connectivity index (χ4v) is 2.83. The Morgan fingerprint density at radius 1 is 1.50 bits per heavy atom. The minimum absolute atomic E-state index is 0.0581. The molecule has 0 aromatic carbocycles. The van der Waals surface area contributed by atoms with Crippen LogP contribution in [-0.2, 0) is 6.42 Å². The molecule has 0 fully saturated rings.